The maximum atomic E-state index is 12.0. The number of rotatable bonds is 4. The molecule has 0 atom stereocenters. The molecule has 0 aromatic carbocycles. The van der Waals surface area contributed by atoms with Crippen molar-refractivity contribution in [3.63, 3.8) is 0 Å². The van der Waals surface area contributed by atoms with Crippen LogP contribution in [0, 0.1) is 0 Å². The molecular formula is C8H11F3N2O3. The van der Waals surface area contributed by atoms with Crippen molar-refractivity contribution < 1.29 is 27.9 Å². The molecule has 0 unspecified atom stereocenters. The smallest absolute Gasteiger partial charge is 0.406 e. The summed E-state index contributed by atoms with van der Waals surface area (Å²) in [6, 6.07) is -0.751. The fourth-order valence-corrected chi connectivity index (χ4v) is 1.43. The summed E-state index contributed by atoms with van der Waals surface area (Å²) in [7, 11) is 0. The Morgan fingerprint density at radius 1 is 1.31 bits per heavy atom. The zero-order valence-corrected chi connectivity index (χ0v) is 8.33. The number of amides is 2. The van der Waals surface area contributed by atoms with Crippen LogP contribution in [0.3, 0.4) is 0 Å². The minimum Gasteiger partial charge on any atom is -0.481 e. The average molecular weight is 240 g/mol. The second kappa shape index (κ2) is 4.58. The lowest BCUT2D eigenvalue weighted by Gasteiger charge is -2.19. The zero-order chi connectivity index (χ0) is 12.3. The number of carbonyl (C=O) groups excluding carboxylic acids is 1. The molecule has 0 aliphatic carbocycles. The molecule has 0 spiro atoms. The van der Waals surface area contributed by atoms with Gasteiger partial charge in [-0.2, -0.15) is 13.2 Å². The molecule has 1 aliphatic rings. The number of aliphatic carboxylic acids is 1. The number of hydrogen-bond acceptors (Lipinski definition) is 2. The van der Waals surface area contributed by atoms with E-state index in [1.807, 2.05) is 0 Å². The first-order chi connectivity index (χ1) is 7.29. The van der Waals surface area contributed by atoms with Gasteiger partial charge >= 0.3 is 18.2 Å². The summed E-state index contributed by atoms with van der Waals surface area (Å²) in [5.74, 6) is -1.08. The lowest BCUT2D eigenvalue weighted by Crippen LogP contribution is -2.38. The lowest BCUT2D eigenvalue weighted by atomic mass is 10.4. The molecule has 1 rings (SSSR count). The molecule has 5 nitrogen and oxygen atoms in total. The Morgan fingerprint density at radius 2 is 1.88 bits per heavy atom. The molecule has 8 heteroatoms. The number of hydrogen-bond donors (Lipinski definition) is 1. The first kappa shape index (κ1) is 12.6. The Labute approximate surface area is 89.4 Å². The van der Waals surface area contributed by atoms with Crippen LogP contribution in [0.2, 0.25) is 0 Å². The Kier molecular flexibility index (Phi) is 3.61. The van der Waals surface area contributed by atoms with E-state index in [1.54, 1.807) is 0 Å². The van der Waals surface area contributed by atoms with Gasteiger partial charge in [0.2, 0.25) is 0 Å². The van der Waals surface area contributed by atoms with Crippen LogP contribution in [-0.2, 0) is 4.79 Å². The monoisotopic (exact) mass is 240 g/mol. The summed E-state index contributed by atoms with van der Waals surface area (Å²) in [4.78, 5) is 23.4. The highest BCUT2D eigenvalue weighted by Gasteiger charge is 2.37. The van der Waals surface area contributed by atoms with Crippen molar-refractivity contribution in [3.8, 4) is 0 Å². The van der Waals surface area contributed by atoms with E-state index in [4.69, 9.17) is 5.11 Å². The molecule has 0 radical (unpaired) electrons. The normalized spacial score (nSPS) is 17.1. The molecule has 0 aromatic rings. The molecule has 1 saturated heterocycles. The molecule has 0 saturated carbocycles. The molecule has 0 aromatic heterocycles. The van der Waals surface area contributed by atoms with Gasteiger partial charge < -0.3 is 14.9 Å². The van der Waals surface area contributed by atoms with Crippen LogP contribution in [0.4, 0.5) is 18.0 Å². The van der Waals surface area contributed by atoms with Gasteiger partial charge in [0.15, 0.2) is 0 Å². The van der Waals surface area contributed by atoms with E-state index in [-0.39, 0.29) is 26.1 Å². The molecule has 1 N–H and O–H groups in total. The lowest BCUT2D eigenvalue weighted by molar-refractivity contribution is -0.139. The van der Waals surface area contributed by atoms with Crippen molar-refractivity contribution in [2.45, 2.75) is 12.6 Å². The van der Waals surface area contributed by atoms with Gasteiger partial charge in [-0.3, -0.25) is 4.79 Å². The largest absolute Gasteiger partial charge is 0.481 e. The second-order valence-electron chi connectivity index (χ2n) is 3.45. The van der Waals surface area contributed by atoms with E-state index in [0.29, 0.717) is 4.90 Å². The highest BCUT2D eigenvalue weighted by atomic mass is 19.4. The van der Waals surface area contributed by atoms with Gasteiger partial charge in [-0.15, -0.1) is 0 Å². The predicted octanol–water partition coefficient (Wildman–Crippen LogP) is 0.761. The third kappa shape index (κ3) is 3.59. The van der Waals surface area contributed by atoms with Gasteiger partial charge in [0, 0.05) is 19.6 Å². The van der Waals surface area contributed by atoms with E-state index >= 15 is 0 Å². The molecule has 92 valence electrons. The summed E-state index contributed by atoms with van der Waals surface area (Å²) >= 11 is 0. The van der Waals surface area contributed by atoms with Crippen molar-refractivity contribution in [2.75, 3.05) is 26.2 Å². The Hall–Kier alpha value is -1.47. The minimum atomic E-state index is -4.42. The molecular weight excluding hydrogens is 229 g/mol. The quantitative estimate of drug-likeness (QED) is 0.789. The van der Waals surface area contributed by atoms with E-state index in [1.165, 1.54) is 0 Å². The number of carbonyl (C=O) groups is 2. The molecule has 0 bridgehead atoms. The van der Waals surface area contributed by atoms with Crippen LogP contribution in [0.15, 0.2) is 0 Å². The van der Waals surface area contributed by atoms with Crippen molar-refractivity contribution >= 4 is 12.0 Å². The van der Waals surface area contributed by atoms with Gasteiger partial charge in [0.1, 0.15) is 6.54 Å². The van der Waals surface area contributed by atoms with Crippen LogP contribution in [0.25, 0.3) is 0 Å². The van der Waals surface area contributed by atoms with Gasteiger partial charge in [0.05, 0.1) is 6.42 Å². The summed E-state index contributed by atoms with van der Waals surface area (Å²) in [5, 5.41) is 8.38. The average Bonchev–Trinajstić information content (AvgIpc) is 2.43. The first-order valence-corrected chi connectivity index (χ1v) is 4.62. The van der Waals surface area contributed by atoms with Crippen LogP contribution in [0.5, 0.6) is 0 Å². The standard InChI is InChI=1S/C8H11F3N2O3/c9-8(10,11)5-13-4-3-12(7(13)16)2-1-6(14)15/h1-5H2,(H,14,15). The van der Waals surface area contributed by atoms with Gasteiger partial charge in [-0.05, 0) is 0 Å². The molecule has 1 heterocycles. The fraction of sp³-hybridized carbons (Fsp3) is 0.750. The molecule has 16 heavy (non-hydrogen) atoms. The third-order valence-electron chi connectivity index (χ3n) is 2.15. The van der Waals surface area contributed by atoms with Gasteiger partial charge in [-0.1, -0.05) is 0 Å². The molecule has 2 amide bonds. The van der Waals surface area contributed by atoms with E-state index in [2.05, 4.69) is 0 Å². The number of halogens is 3. The number of carboxylic acids is 1. The van der Waals surface area contributed by atoms with Crippen LogP contribution in [0.1, 0.15) is 6.42 Å². The topological polar surface area (TPSA) is 60.9 Å². The molecule has 1 fully saturated rings. The second-order valence-corrected chi connectivity index (χ2v) is 3.45. The van der Waals surface area contributed by atoms with Crippen molar-refractivity contribution in [1.29, 1.82) is 0 Å². The predicted molar refractivity (Wildman–Crippen MR) is 46.8 cm³/mol. The van der Waals surface area contributed by atoms with E-state index < -0.39 is 24.7 Å². The minimum absolute atomic E-state index is 0.0159. The summed E-state index contributed by atoms with van der Waals surface area (Å²) in [5.41, 5.74) is 0. The summed E-state index contributed by atoms with van der Waals surface area (Å²) in [6.45, 7) is -1.21. The number of urea groups is 1. The Morgan fingerprint density at radius 3 is 2.38 bits per heavy atom. The fourth-order valence-electron chi connectivity index (χ4n) is 1.43. The first-order valence-electron chi connectivity index (χ1n) is 4.62. The number of alkyl halides is 3. The third-order valence-corrected chi connectivity index (χ3v) is 2.15. The van der Waals surface area contributed by atoms with Crippen LogP contribution < -0.4 is 0 Å². The zero-order valence-electron chi connectivity index (χ0n) is 8.33. The van der Waals surface area contributed by atoms with Crippen molar-refractivity contribution in [1.82, 2.24) is 9.80 Å². The summed E-state index contributed by atoms with van der Waals surface area (Å²) in [6.07, 6.45) is -4.68. The highest BCUT2D eigenvalue weighted by molar-refractivity contribution is 5.77. The van der Waals surface area contributed by atoms with Crippen LogP contribution in [-0.4, -0.2) is 59.3 Å². The number of carboxylic acid groups (broad SMARTS) is 1. The van der Waals surface area contributed by atoms with Gasteiger partial charge in [0.25, 0.3) is 0 Å². The maximum Gasteiger partial charge on any atom is 0.406 e. The summed E-state index contributed by atoms with van der Waals surface area (Å²) < 4.78 is 36.0. The highest BCUT2D eigenvalue weighted by Crippen LogP contribution is 2.19. The molecule has 1 aliphatic heterocycles. The van der Waals surface area contributed by atoms with E-state index in [0.717, 1.165) is 4.90 Å². The van der Waals surface area contributed by atoms with Crippen molar-refractivity contribution in [2.24, 2.45) is 0 Å². The van der Waals surface area contributed by atoms with Crippen LogP contribution >= 0.6 is 0 Å². The van der Waals surface area contributed by atoms with E-state index in [9.17, 15) is 22.8 Å². The Bertz CT molecular complexity index is 293. The van der Waals surface area contributed by atoms with Gasteiger partial charge in [-0.25, -0.2) is 4.79 Å². The Balaban J connectivity index is 2.44. The van der Waals surface area contributed by atoms with Crippen molar-refractivity contribution in [3.05, 3.63) is 0 Å². The number of nitrogens with zero attached hydrogens (tertiary/aromatic N) is 2. The maximum absolute atomic E-state index is 12.0. The SMILES string of the molecule is O=C(O)CCN1CCN(CC(F)(F)F)C1=O.